The predicted octanol–water partition coefficient (Wildman–Crippen LogP) is 1.46. The molecule has 0 unspecified atom stereocenters. The normalized spacial score (nSPS) is 19.7. The van der Waals surface area contributed by atoms with Crippen molar-refractivity contribution in [2.45, 2.75) is 43.7 Å². The van der Waals surface area contributed by atoms with Crippen molar-refractivity contribution in [2.75, 3.05) is 24.7 Å². The minimum absolute atomic E-state index is 0.0127. The highest BCUT2D eigenvalue weighted by molar-refractivity contribution is 7.90. The first-order valence-electron chi connectivity index (χ1n) is 8.44. The van der Waals surface area contributed by atoms with Crippen LogP contribution in [0.15, 0.2) is 23.1 Å². The molecule has 1 aliphatic carbocycles. The molecule has 1 aromatic carbocycles. The van der Waals surface area contributed by atoms with Crippen LogP contribution in [-0.4, -0.2) is 61.9 Å². The first-order chi connectivity index (χ1) is 12.1. The Morgan fingerprint density at radius 3 is 2.50 bits per heavy atom. The number of anilines is 1. The number of carboxylic acid groups (broad SMARTS) is 1. The molecule has 3 N–H and O–H groups in total. The Bertz CT molecular complexity index is 788. The fourth-order valence-corrected chi connectivity index (χ4v) is 3.98. The van der Waals surface area contributed by atoms with Crippen LogP contribution in [0.25, 0.3) is 0 Å². The standard InChI is InChI=1S/C17H25N3O5S/c1-4-20(10-16(21)22)13-8-12(9-13)18-17(23)19-14-6-5-11(2)7-15(14)26(3,24)25/h5-7,12-13H,4,8-10H2,1-3H3,(H,21,22)(H2,18,19,23). The molecule has 0 radical (unpaired) electrons. The Kier molecular flexibility index (Phi) is 6.25. The van der Waals surface area contributed by atoms with Gasteiger partial charge in [-0.05, 0) is 44.0 Å². The van der Waals surface area contributed by atoms with E-state index in [1.807, 2.05) is 11.8 Å². The number of amides is 2. The molecular weight excluding hydrogens is 358 g/mol. The summed E-state index contributed by atoms with van der Waals surface area (Å²) in [5.41, 5.74) is 1.03. The van der Waals surface area contributed by atoms with E-state index in [2.05, 4.69) is 10.6 Å². The number of nitrogens with one attached hydrogen (secondary N) is 2. The number of carbonyl (C=O) groups excluding carboxylic acids is 1. The first-order valence-corrected chi connectivity index (χ1v) is 10.3. The van der Waals surface area contributed by atoms with Gasteiger partial charge in [0.1, 0.15) is 0 Å². The highest BCUT2D eigenvalue weighted by Gasteiger charge is 2.34. The van der Waals surface area contributed by atoms with Crippen molar-refractivity contribution in [3.05, 3.63) is 23.8 Å². The van der Waals surface area contributed by atoms with Crippen LogP contribution in [0.2, 0.25) is 0 Å². The molecule has 1 aliphatic rings. The largest absolute Gasteiger partial charge is 0.480 e. The van der Waals surface area contributed by atoms with E-state index in [4.69, 9.17) is 5.11 Å². The monoisotopic (exact) mass is 383 g/mol. The molecule has 2 rings (SSSR count). The van der Waals surface area contributed by atoms with Crippen molar-refractivity contribution in [3.63, 3.8) is 0 Å². The van der Waals surface area contributed by atoms with Gasteiger partial charge in [0.05, 0.1) is 17.1 Å². The average molecular weight is 383 g/mol. The molecule has 1 aromatic rings. The van der Waals surface area contributed by atoms with Gasteiger partial charge in [0.15, 0.2) is 9.84 Å². The average Bonchev–Trinajstić information content (AvgIpc) is 2.49. The van der Waals surface area contributed by atoms with E-state index in [1.165, 1.54) is 6.07 Å². The molecule has 1 saturated carbocycles. The van der Waals surface area contributed by atoms with Crippen LogP contribution in [0.5, 0.6) is 0 Å². The van der Waals surface area contributed by atoms with Crippen molar-refractivity contribution < 1.29 is 23.1 Å². The van der Waals surface area contributed by atoms with Crippen molar-refractivity contribution in [1.29, 1.82) is 0 Å². The van der Waals surface area contributed by atoms with E-state index in [-0.39, 0.29) is 29.2 Å². The van der Waals surface area contributed by atoms with Gasteiger partial charge in [0.25, 0.3) is 0 Å². The fraction of sp³-hybridized carbons (Fsp3) is 0.529. The summed E-state index contributed by atoms with van der Waals surface area (Å²) in [6, 6.07) is 4.43. The molecule has 0 heterocycles. The number of sulfone groups is 1. The van der Waals surface area contributed by atoms with Crippen LogP contribution in [-0.2, 0) is 14.6 Å². The third-order valence-electron chi connectivity index (χ3n) is 4.49. The number of aliphatic carboxylic acids is 1. The number of benzene rings is 1. The minimum Gasteiger partial charge on any atom is -0.480 e. The zero-order valence-electron chi connectivity index (χ0n) is 15.2. The van der Waals surface area contributed by atoms with Crippen molar-refractivity contribution in [2.24, 2.45) is 0 Å². The van der Waals surface area contributed by atoms with Crippen LogP contribution >= 0.6 is 0 Å². The van der Waals surface area contributed by atoms with Crippen molar-refractivity contribution >= 4 is 27.5 Å². The number of urea groups is 1. The maximum absolute atomic E-state index is 12.2. The Labute approximate surface area is 153 Å². The Morgan fingerprint density at radius 1 is 1.31 bits per heavy atom. The van der Waals surface area contributed by atoms with Gasteiger partial charge in [-0.1, -0.05) is 13.0 Å². The highest BCUT2D eigenvalue weighted by Crippen LogP contribution is 2.26. The third-order valence-corrected chi connectivity index (χ3v) is 5.63. The van der Waals surface area contributed by atoms with Crippen molar-refractivity contribution in [1.82, 2.24) is 10.2 Å². The second-order valence-electron chi connectivity index (χ2n) is 6.65. The van der Waals surface area contributed by atoms with Crippen molar-refractivity contribution in [3.8, 4) is 0 Å². The quantitative estimate of drug-likeness (QED) is 0.656. The van der Waals surface area contributed by atoms with Crippen LogP contribution < -0.4 is 10.6 Å². The summed E-state index contributed by atoms with van der Waals surface area (Å²) in [5.74, 6) is -0.867. The molecule has 0 bridgehead atoms. The number of hydrogen-bond donors (Lipinski definition) is 3. The molecular formula is C17H25N3O5S. The van der Waals surface area contributed by atoms with Crippen LogP contribution in [0.4, 0.5) is 10.5 Å². The molecule has 0 atom stereocenters. The van der Waals surface area contributed by atoms with Gasteiger partial charge in [-0.2, -0.15) is 0 Å². The van der Waals surface area contributed by atoms with E-state index >= 15 is 0 Å². The molecule has 0 aliphatic heterocycles. The number of hydrogen-bond acceptors (Lipinski definition) is 5. The number of carboxylic acids is 1. The zero-order chi connectivity index (χ0) is 19.5. The van der Waals surface area contributed by atoms with Gasteiger partial charge < -0.3 is 15.7 Å². The Hall–Kier alpha value is -2.13. The zero-order valence-corrected chi connectivity index (χ0v) is 16.0. The SMILES string of the molecule is CCN(CC(=O)O)C1CC(NC(=O)Nc2ccc(C)cc2S(C)(=O)=O)C1. The summed E-state index contributed by atoms with van der Waals surface area (Å²) < 4.78 is 23.8. The molecule has 2 amide bonds. The summed E-state index contributed by atoms with van der Waals surface area (Å²) in [7, 11) is -3.46. The lowest BCUT2D eigenvalue weighted by molar-refractivity contribution is -0.139. The third kappa shape index (κ3) is 5.18. The van der Waals surface area contributed by atoms with Gasteiger partial charge in [0.2, 0.25) is 0 Å². The van der Waals surface area contributed by atoms with Crippen LogP contribution in [0.3, 0.4) is 0 Å². The number of carbonyl (C=O) groups is 2. The molecule has 26 heavy (non-hydrogen) atoms. The van der Waals surface area contributed by atoms with Gasteiger partial charge in [0, 0.05) is 18.3 Å². The summed E-state index contributed by atoms with van der Waals surface area (Å²) in [6.45, 7) is 4.31. The Morgan fingerprint density at radius 2 is 1.96 bits per heavy atom. The highest BCUT2D eigenvalue weighted by atomic mass is 32.2. The molecule has 8 nitrogen and oxygen atoms in total. The molecule has 9 heteroatoms. The maximum Gasteiger partial charge on any atom is 0.319 e. The van der Waals surface area contributed by atoms with E-state index < -0.39 is 21.8 Å². The summed E-state index contributed by atoms with van der Waals surface area (Å²) in [5, 5.41) is 14.3. The molecule has 1 fully saturated rings. The topological polar surface area (TPSA) is 116 Å². The molecule has 0 spiro atoms. The number of likely N-dealkylation sites (N-methyl/N-ethyl adjacent to an activating group) is 1. The van der Waals surface area contributed by atoms with Gasteiger partial charge >= 0.3 is 12.0 Å². The lowest BCUT2D eigenvalue weighted by Crippen LogP contribution is -2.55. The Balaban J connectivity index is 1.92. The van der Waals surface area contributed by atoms with Crippen LogP contribution in [0.1, 0.15) is 25.3 Å². The van der Waals surface area contributed by atoms with Crippen LogP contribution in [0, 0.1) is 6.92 Å². The maximum atomic E-state index is 12.2. The first kappa shape index (κ1) is 20.2. The number of rotatable bonds is 7. The van der Waals surface area contributed by atoms with Gasteiger partial charge in [-0.25, -0.2) is 13.2 Å². The van der Waals surface area contributed by atoms with Gasteiger partial charge in [-0.3, -0.25) is 9.69 Å². The second-order valence-corrected chi connectivity index (χ2v) is 8.63. The predicted molar refractivity (Wildman–Crippen MR) is 98.1 cm³/mol. The van der Waals surface area contributed by atoms with E-state index in [9.17, 15) is 18.0 Å². The van der Waals surface area contributed by atoms with E-state index in [0.29, 0.717) is 19.4 Å². The number of aryl methyl sites for hydroxylation is 1. The smallest absolute Gasteiger partial charge is 0.319 e. The molecule has 144 valence electrons. The second kappa shape index (κ2) is 8.05. The molecule has 0 saturated heterocycles. The summed E-state index contributed by atoms with van der Waals surface area (Å²) >= 11 is 0. The molecule has 0 aromatic heterocycles. The summed E-state index contributed by atoms with van der Waals surface area (Å²) in [4.78, 5) is 25.0. The van der Waals surface area contributed by atoms with E-state index in [0.717, 1.165) is 11.8 Å². The fourth-order valence-electron chi connectivity index (χ4n) is 3.06. The van der Waals surface area contributed by atoms with Gasteiger partial charge in [-0.15, -0.1) is 0 Å². The van der Waals surface area contributed by atoms with E-state index in [1.54, 1.807) is 19.1 Å². The number of nitrogens with zero attached hydrogens (tertiary/aromatic N) is 1. The lowest BCUT2D eigenvalue weighted by atomic mass is 9.85. The lowest BCUT2D eigenvalue weighted by Gasteiger charge is -2.42. The summed E-state index contributed by atoms with van der Waals surface area (Å²) in [6.07, 6.45) is 2.44. The minimum atomic E-state index is -3.46.